The number of nitrogens with one attached hydrogen (secondary N) is 1. The molecule has 0 saturated carbocycles. The van der Waals surface area contributed by atoms with Gasteiger partial charge in [0.05, 0.1) is 11.9 Å². The van der Waals surface area contributed by atoms with Crippen molar-refractivity contribution in [3.63, 3.8) is 0 Å². The summed E-state index contributed by atoms with van der Waals surface area (Å²) < 4.78 is 37.6. The number of hydrogen-bond acceptors (Lipinski definition) is 6. The van der Waals surface area contributed by atoms with Crippen molar-refractivity contribution in [2.45, 2.75) is 40.3 Å². The predicted molar refractivity (Wildman–Crippen MR) is 139 cm³/mol. The van der Waals surface area contributed by atoms with Crippen LogP contribution in [0.2, 0.25) is 0 Å². The van der Waals surface area contributed by atoms with Crippen molar-refractivity contribution in [1.82, 2.24) is 10.2 Å². The van der Waals surface area contributed by atoms with E-state index in [1.807, 2.05) is 45.0 Å². The van der Waals surface area contributed by atoms with E-state index in [9.17, 15) is 18.0 Å². The van der Waals surface area contributed by atoms with E-state index < -0.39 is 28.5 Å². The first-order chi connectivity index (χ1) is 17.0. The molecule has 2 amide bonds. The van der Waals surface area contributed by atoms with E-state index in [1.165, 1.54) is 4.90 Å². The third-order valence-corrected chi connectivity index (χ3v) is 6.92. The summed E-state index contributed by atoms with van der Waals surface area (Å²) in [6.07, 6.45) is 1.04. The quantitative estimate of drug-likeness (QED) is 0.520. The fourth-order valence-corrected chi connectivity index (χ4v) is 4.68. The number of aryl methyl sites for hydroxylation is 1. The van der Waals surface area contributed by atoms with Gasteiger partial charge < -0.3 is 19.7 Å². The lowest BCUT2D eigenvalue weighted by Gasteiger charge is -2.32. The number of amides is 2. The lowest BCUT2D eigenvalue weighted by Crippen LogP contribution is -2.51. The summed E-state index contributed by atoms with van der Waals surface area (Å²) in [6, 6.07) is 11.6. The van der Waals surface area contributed by atoms with Gasteiger partial charge in [0.2, 0.25) is 21.8 Å². The Morgan fingerprint density at radius 1 is 1.03 bits per heavy atom. The van der Waals surface area contributed by atoms with Gasteiger partial charge in [-0.1, -0.05) is 43.7 Å². The van der Waals surface area contributed by atoms with Crippen LogP contribution in [0.1, 0.15) is 31.9 Å². The zero-order valence-corrected chi connectivity index (χ0v) is 22.3. The maximum atomic E-state index is 13.6. The van der Waals surface area contributed by atoms with Crippen LogP contribution in [0.5, 0.6) is 11.5 Å². The molecule has 0 aromatic heterocycles. The van der Waals surface area contributed by atoms with Crippen molar-refractivity contribution in [3.05, 3.63) is 53.6 Å². The Morgan fingerprint density at radius 3 is 2.36 bits per heavy atom. The summed E-state index contributed by atoms with van der Waals surface area (Å²) in [6.45, 7) is 8.49. The third-order valence-electron chi connectivity index (χ3n) is 5.78. The van der Waals surface area contributed by atoms with Gasteiger partial charge in [0.15, 0.2) is 11.5 Å². The molecule has 0 bridgehead atoms. The third kappa shape index (κ3) is 7.13. The lowest BCUT2D eigenvalue weighted by molar-refractivity contribution is -0.139. The highest BCUT2D eigenvalue weighted by Crippen LogP contribution is 2.34. The molecule has 1 atom stereocenters. The minimum Gasteiger partial charge on any atom is -0.486 e. The van der Waals surface area contributed by atoms with Gasteiger partial charge in [0.1, 0.15) is 25.8 Å². The van der Waals surface area contributed by atoms with Crippen LogP contribution >= 0.6 is 0 Å². The Hall–Kier alpha value is -3.27. The largest absolute Gasteiger partial charge is 0.486 e. The zero-order valence-electron chi connectivity index (χ0n) is 21.5. The second-order valence-electron chi connectivity index (χ2n) is 9.42. The average Bonchev–Trinajstić information content (AvgIpc) is 2.82. The van der Waals surface area contributed by atoms with E-state index in [1.54, 1.807) is 25.1 Å². The van der Waals surface area contributed by atoms with Crippen molar-refractivity contribution in [2.24, 2.45) is 5.92 Å². The zero-order chi connectivity index (χ0) is 26.5. The van der Waals surface area contributed by atoms with E-state index in [-0.39, 0.29) is 24.1 Å². The normalized spacial score (nSPS) is 13.7. The number of sulfonamides is 1. The smallest absolute Gasteiger partial charge is 0.244 e. The Kier molecular flexibility index (Phi) is 8.84. The van der Waals surface area contributed by atoms with Crippen LogP contribution in [-0.2, 0) is 26.2 Å². The van der Waals surface area contributed by atoms with E-state index in [2.05, 4.69) is 5.32 Å². The molecule has 0 radical (unpaired) electrons. The maximum Gasteiger partial charge on any atom is 0.244 e. The summed E-state index contributed by atoms with van der Waals surface area (Å²) in [5.41, 5.74) is 2.14. The molecule has 3 rings (SSSR count). The van der Waals surface area contributed by atoms with Gasteiger partial charge in [-0.05, 0) is 37.5 Å². The first kappa shape index (κ1) is 27.3. The molecule has 9 nitrogen and oxygen atoms in total. The number of nitrogens with zero attached hydrogens (tertiary/aromatic N) is 2. The molecule has 0 spiro atoms. The first-order valence-electron chi connectivity index (χ1n) is 12.0. The number of hydrogen-bond donors (Lipinski definition) is 1. The molecule has 0 aliphatic carbocycles. The van der Waals surface area contributed by atoms with Crippen molar-refractivity contribution in [2.75, 3.05) is 36.9 Å². The number of fused-ring (bicyclic) bond motifs is 1. The molecule has 196 valence electrons. The Bertz CT molecular complexity index is 1200. The van der Waals surface area contributed by atoms with Crippen LogP contribution < -0.4 is 19.1 Å². The van der Waals surface area contributed by atoms with E-state index in [4.69, 9.17) is 9.47 Å². The molecule has 0 fully saturated rings. The second-order valence-corrected chi connectivity index (χ2v) is 11.3. The number of rotatable bonds is 10. The van der Waals surface area contributed by atoms with E-state index >= 15 is 0 Å². The number of ether oxygens (including phenoxy) is 2. The molecule has 2 aromatic carbocycles. The highest BCUT2D eigenvalue weighted by atomic mass is 32.2. The molecule has 10 heteroatoms. The van der Waals surface area contributed by atoms with Gasteiger partial charge in [-0.3, -0.25) is 13.9 Å². The molecular weight excluding hydrogens is 482 g/mol. The highest BCUT2D eigenvalue weighted by molar-refractivity contribution is 7.92. The highest BCUT2D eigenvalue weighted by Gasteiger charge is 2.30. The van der Waals surface area contributed by atoms with Crippen molar-refractivity contribution in [3.8, 4) is 11.5 Å². The average molecular weight is 518 g/mol. The number of carbonyl (C=O) groups is 2. The van der Waals surface area contributed by atoms with E-state index in [0.717, 1.165) is 21.7 Å². The monoisotopic (exact) mass is 517 g/mol. The molecular formula is C26H35N3O6S. The topological polar surface area (TPSA) is 105 Å². The Balaban J connectivity index is 1.90. The fourth-order valence-electron chi connectivity index (χ4n) is 3.84. The van der Waals surface area contributed by atoms with Crippen LogP contribution in [0.3, 0.4) is 0 Å². The van der Waals surface area contributed by atoms with Gasteiger partial charge in [0.25, 0.3) is 0 Å². The predicted octanol–water partition coefficient (Wildman–Crippen LogP) is 2.72. The van der Waals surface area contributed by atoms with Gasteiger partial charge >= 0.3 is 0 Å². The maximum absolute atomic E-state index is 13.6. The molecule has 2 aromatic rings. The Morgan fingerprint density at radius 2 is 1.72 bits per heavy atom. The van der Waals surface area contributed by atoms with Gasteiger partial charge in [0, 0.05) is 19.2 Å². The van der Waals surface area contributed by atoms with Crippen LogP contribution in [0.4, 0.5) is 5.69 Å². The van der Waals surface area contributed by atoms with Gasteiger partial charge in [-0.25, -0.2) is 8.42 Å². The summed E-state index contributed by atoms with van der Waals surface area (Å²) in [4.78, 5) is 27.9. The Labute approximate surface area is 213 Å². The summed E-state index contributed by atoms with van der Waals surface area (Å²) in [7, 11) is -3.83. The molecule has 36 heavy (non-hydrogen) atoms. The van der Waals surface area contributed by atoms with E-state index in [0.29, 0.717) is 31.3 Å². The van der Waals surface area contributed by atoms with Gasteiger partial charge in [-0.15, -0.1) is 0 Å². The fraction of sp³-hybridized carbons (Fsp3) is 0.462. The standard InChI is InChI=1S/C26H35N3O6S/c1-18(2)15-27-26(31)20(4)28(16-21-8-6-7-19(3)13-21)25(30)17-29(36(5,32)33)22-9-10-23-24(14-22)35-12-11-34-23/h6-10,13-14,18,20H,11-12,15-17H2,1-5H3,(H,27,31)/t20-/m1/s1. The van der Waals surface area contributed by atoms with Crippen LogP contribution in [0.15, 0.2) is 42.5 Å². The minimum atomic E-state index is -3.83. The molecule has 0 saturated heterocycles. The van der Waals surface area contributed by atoms with Crippen LogP contribution in [0.25, 0.3) is 0 Å². The van der Waals surface area contributed by atoms with Crippen LogP contribution in [-0.4, -0.2) is 63.7 Å². The second kappa shape index (κ2) is 11.6. The molecule has 1 aliphatic rings. The van der Waals surface area contributed by atoms with Crippen molar-refractivity contribution < 1.29 is 27.5 Å². The molecule has 1 heterocycles. The first-order valence-corrected chi connectivity index (χ1v) is 13.8. The summed E-state index contributed by atoms with van der Waals surface area (Å²) in [5, 5.41) is 2.87. The van der Waals surface area contributed by atoms with Crippen molar-refractivity contribution in [1.29, 1.82) is 0 Å². The lowest BCUT2D eigenvalue weighted by atomic mass is 10.1. The number of anilines is 1. The summed E-state index contributed by atoms with van der Waals surface area (Å²) in [5.74, 6) is 0.385. The van der Waals surface area contributed by atoms with Gasteiger partial charge in [-0.2, -0.15) is 0 Å². The molecule has 0 unspecified atom stereocenters. The van der Waals surface area contributed by atoms with Crippen LogP contribution in [0, 0.1) is 12.8 Å². The molecule has 1 N–H and O–H groups in total. The number of carbonyl (C=O) groups excluding carboxylic acids is 2. The minimum absolute atomic E-state index is 0.162. The number of benzene rings is 2. The van der Waals surface area contributed by atoms with Crippen molar-refractivity contribution >= 4 is 27.5 Å². The molecule has 1 aliphatic heterocycles. The summed E-state index contributed by atoms with van der Waals surface area (Å²) >= 11 is 0. The SMILES string of the molecule is Cc1cccc(CN(C(=O)CN(c2ccc3c(c2)OCCO3)S(C)(=O)=O)[C@H](C)C(=O)NCC(C)C)c1.